The number of hydroxylamine groups is 1. The number of hydrogen-bond acceptors (Lipinski definition) is 3. The SMILES string of the molecule is Cc1ccc(S(=O)(=O)N2OC2(C)Cc2ccccc2)cc1. The van der Waals surface area contributed by atoms with Crippen molar-refractivity contribution in [3.8, 4) is 0 Å². The van der Waals surface area contributed by atoms with Crippen LogP contribution < -0.4 is 0 Å². The molecule has 0 radical (unpaired) electrons. The number of rotatable bonds is 4. The van der Waals surface area contributed by atoms with E-state index in [9.17, 15) is 8.42 Å². The van der Waals surface area contributed by atoms with Crippen LogP contribution in [-0.2, 0) is 21.3 Å². The molecule has 5 heteroatoms. The lowest BCUT2D eigenvalue weighted by atomic mass is 10.1. The van der Waals surface area contributed by atoms with Crippen LogP contribution in [0.5, 0.6) is 0 Å². The van der Waals surface area contributed by atoms with E-state index < -0.39 is 15.7 Å². The Morgan fingerprint density at radius 3 is 2.29 bits per heavy atom. The van der Waals surface area contributed by atoms with Crippen LogP contribution in [0.4, 0.5) is 0 Å². The van der Waals surface area contributed by atoms with E-state index in [4.69, 9.17) is 4.84 Å². The van der Waals surface area contributed by atoms with Crippen molar-refractivity contribution in [1.29, 1.82) is 0 Å². The largest absolute Gasteiger partial charge is 0.267 e. The summed E-state index contributed by atoms with van der Waals surface area (Å²) in [5, 5.41) is 0. The lowest BCUT2D eigenvalue weighted by Crippen LogP contribution is -2.23. The maximum absolute atomic E-state index is 12.5. The molecule has 2 unspecified atom stereocenters. The molecule has 0 aromatic heterocycles. The van der Waals surface area contributed by atoms with Gasteiger partial charge in [-0.05, 0) is 36.0 Å². The number of benzene rings is 2. The predicted octanol–water partition coefficient (Wildman–Crippen LogP) is 2.89. The maximum atomic E-state index is 12.5. The molecule has 1 fully saturated rings. The highest BCUT2D eigenvalue weighted by molar-refractivity contribution is 7.89. The highest BCUT2D eigenvalue weighted by Gasteiger charge is 2.58. The molecular formula is C16H17NO3S. The first kappa shape index (κ1) is 14.3. The van der Waals surface area contributed by atoms with Gasteiger partial charge in [0.2, 0.25) is 0 Å². The molecule has 2 atom stereocenters. The van der Waals surface area contributed by atoms with Crippen LogP contribution >= 0.6 is 0 Å². The zero-order chi connectivity index (χ0) is 15.1. The van der Waals surface area contributed by atoms with Crippen molar-refractivity contribution in [3.63, 3.8) is 0 Å². The van der Waals surface area contributed by atoms with Crippen molar-refractivity contribution < 1.29 is 13.3 Å². The van der Waals surface area contributed by atoms with Crippen molar-refractivity contribution in [2.24, 2.45) is 0 Å². The predicted molar refractivity (Wildman–Crippen MR) is 79.8 cm³/mol. The molecule has 1 heterocycles. The molecule has 1 aliphatic rings. The molecule has 0 saturated carbocycles. The van der Waals surface area contributed by atoms with Gasteiger partial charge in [0.05, 0.1) is 4.90 Å². The summed E-state index contributed by atoms with van der Waals surface area (Å²) in [6.07, 6.45) is 0.527. The highest BCUT2D eigenvalue weighted by Crippen LogP contribution is 2.42. The molecule has 21 heavy (non-hydrogen) atoms. The molecule has 3 rings (SSSR count). The minimum Gasteiger partial charge on any atom is -0.255 e. The molecule has 4 nitrogen and oxygen atoms in total. The molecule has 0 aliphatic carbocycles. The van der Waals surface area contributed by atoms with Gasteiger partial charge < -0.3 is 0 Å². The third-order valence-corrected chi connectivity index (χ3v) is 5.31. The second kappa shape index (κ2) is 4.94. The fourth-order valence-electron chi connectivity index (χ4n) is 2.34. The zero-order valence-corrected chi connectivity index (χ0v) is 12.8. The summed E-state index contributed by atoms with van der Waals surface area (Å²) in [5.74, 6) is 0. The van der Waals surface area contributed by atoms with Crippen LogP contribution in [0.15, 0.2) is 59.5 Å². The molecule has 2 aromatic carbocycles. The van der Waals surface area contributed by atoms with Gasteiger partial charge >= 0.3 is 0 Å². The average Bonchev–Trinajstić information content (AvgIpc) is 3.13. The van der Waals surface area contributed by atoms with Crippen molar-refractivity contribution in [1.82, 2.24) is 4.47 Å². The molecule has 2 aromatic rings. The van der Waals surface area contributed by atoms with Crippen molar-refractivity contribution >= 4 is 10.0 Å². The summed E-state index contributed by atoms with van der Waals surface area (Å²) in [4.78, 5) is 5.66. The molecule has 0 amide bonds. The van der Waals surface area contributed by atoms with E-state index >= 15 is 0 Å². The number of hydrogen-bond donors (Lipinski definition) is 0. The summed E-state index contributed by atoms with van der Waals surface area (Å²) >= 11 is 0. The van der Waals surface area contributed by atoms with Crippen molar-refractivity contribution in [2.75, 3.05) is 0 Å². The summed E-state index contributed by atoms with van der Waals surface area (Å²) < 4.78 is 26.1. The maximum Gasteiger partial charge on any atom is 0.267 e. The molecule has 0 bridgehead atoms. The van der Waals surface area contributed by atoms with Gasteiger partial charge in [0.15, 0.2) is 5.72 Å². The molecule has 1 saturated heterocycles. The molecular weight excluding hydrogens is 286 g/mol. The van der Waals surface area contributed by atoms with Gasteiger partial charge in [-0.15, -0.1) is 0 Å². The van der Waals surface area contributed by atoms with Crippen LogP contribution in [0.3, 0.4) is 0 Å². The molecule has 0 spiro atoms. The van der Waals surface area contributed by atoms with E-state index in [0.717, 1.165) is 15.6 Å². The molecule has 1 aliphatic heterocycles. The Morgan fingerprint density at radius 1 is 1.05 bits per heavy atom. The van der Waals surface area contributed by atoms with Crippen molar-refractivity contribution in [3.05, 3.63) is 65.7 Å². The quantitative estimate of drug-likeness (QED) is 0.816. The number of aryl methyl sites for hydroxylation is 1. The van der Waals surface area contributed by atoms with Gasteiger partial charge in [0.25, 0.3) is 10.0 Å². The van der Waals surface area contributed by atoms with Gasteiger partial charge in [-0.2, -0.15) is 0 Å². The molecule has 0 N–H and O–H groups in total. The van der Waals surface area contributed by atoms with Crippen LogP contribution in [0.25, 0.3) is 0 Å². The minimum atomic E-state index is -3.60. The lowest BCUT2D eigenvalue weighted by Gasteiger charge is -2.07. The van der Waals surface area contributed by atoms with Crippen LogP contribution in [-0.4, -0.2) is 18.6 Å². The Morgan fingerprint density at radius 2 is 1.67 bits per heavy atom. The monoisotopic (exact) mass is 303 g/mol. The Bertz CT molecular complexity index is 741. The average molecular weight is 303 g/mol. The third-order valence-electron chi connectivity index (χ3n) is 3.55. The van der Waals surface area contributed by atoms with Crippen LogP contribution in [0.2, 0.25) is 0 Å². The van der Waals surface area contributed by atoms with Gasteiger partial charge in [0, 0.05) is 6.42 Å². The third kappa shape index (κ3) is 2.72. The lowest BCUT2D eigenvalue weighted by molar-refractivity contribution is 0.259. The second-order valence-corrected chi connectivity index (χ2v) is 7.23. The van der Waals surface area contributed by atoms with Gasteiger partial charge in [0.1, 0.15) is 0 Å². The summed E-state index contributed by atoms with van der Waals surface area (Å²) in [5.41, 5.74) is 1.26. The smallest absolute Gasteiger partial charge is 0.255 e. The van der Waals surface area contributed by atoms with Crippen LogP contribution in [0.1, 0.15) is 18.1 Å². The van der Waals surface area contributed by atoms with E-state index in [1.807, 2.05) is 37.3 Å². The highest BCUT2D eigenvalue weighted by atomic mass is 32.2. The van der Waals surface area contributed by atoms with E-state index in [1.54, 1.807) is 31.2 Å². The first-order valence-corrected chi connectivity index (χ1v) is 8.21. The zero-order valence-electron chi connectivity index (χ0n) is 12.0. The van der Waals surface area contributed by atoms with Gasteiger partial charge in [-0.25, -0.2) is 8.42 Å². The standard InChI is InChI=1S/C16H17NO3S/c1-13-8-10-15(11-9-13)21(18,19)17-16(2,20-17)12-14-6-4-3-5-7-14/h3-11H,12H2,1-2H3. The van der Waals surface area contributed by atoms with Crippen molar-refractivity contribution in [2.45, 2.75) is 30.9 Å². The minimum absolute atomic E-state index is 0.255. The topological polar surface area (TPSA) is 49.7 Å². The van der Waals surface area contributed by atoms with E-state index in [1.165, 1.54) is 0 Å². The Labute approximate surface area is 125 Å². The first-order valence-electron chi connectivity index (χ1n) is 6.77. The number of sulfonamides is 1. The Balaban J connectivity index is 1.81. The summed E-state index contributed by atoms with van der Waals surface area (Å²) in [6, 6.07) is 16.5. The fraction of sp³-hybridized carbons (Fsp3) is 0.250. The first-order chi connectivity index (χ1) is 9.92. The summed E-state index contributed by atoms with van der Waals surface area (Å²) in [6.45, 7) is 3.70. The second-order valence-electron chi connectivity index (χ2n) is 5.47. The van der Waals surface area contributed by atoms with E-state index in [2.05, 4.69) is 0 Å². The van der Waals surface area contributed by atoms with E-state index in [-0.39, 0.29) is 4.90 Å². The Hall–Kier alpha value is -1.69. The normalized spacial score (nSPS) is 24.8. The molecule has 110 valence electrons. The fourth-order valence-corrected chi connectivity index (χ4v) is 3.84. The number of nitrogens with zero attached hydrogens (tertiary/aromatic N) is 1. The van der Waals surface area contributed by atoms with Crippen LogP contribution in [0, 0.1) is 6.92 Å². The Kier molecular flexibility index (Phi) is 3.36. The van der Waals surface area contributed by atoms with E-state index in [0.29, 0.717) is 6.42 Å². The van der Waals surface area contributed by atoms with Gasteiger partial charge in [-0.3, -0.25) is 4.84 Å². The summed E-state index contributed by atoms with van der Waals surface area (Å²) in [7, 11) is -3.60. The van der Waals surface area contributed by atoms with Gasteiger partial charge in [-0.1, -0.05) is 48.0 Å².